The van der Waals surface area contributed by atoms with Crippen LogP contribution >= 0.6 is 0 Å². The van der Waals surface area contributed by atoms with Gasteiger partial charge in [0.05, 0.1) is 5.60 Å². The quantitative estimate of drug-likeness (QED) is 0.774. The molecule has 0 bridgehead atoms. The van der Waals surface area contributed by atoms with Crippen molar-refractivity contribution in [3.8, 4) is 0 Å². The standard InChI is InChI=1S/C12H14N2O/c1-12(15,8-13)11-4-2-3-9-7-14-6-5-10(9)11/h2-7,15H,8,13H2,1H3. The van der Waals surface area contributed by atoms with Crippen LogP contribution in [0.5, 0.6) is 0 Å². The van der Waals surface area contributed by atoms with Crippen LogP contribution in [0.15, 0.2) is 36.7 Å². The normalized spacial score (nSPS) is 15.1. The number of pyridine rings is 1. The third-order valence-corrected chi connectivity index (χ3v) is 2.66. The fourth-order valence-corrected chi connectivity index (χ4v) is 1.70. The van der Waals surface area contributed by atoms with Gasteiger partial charge in [0.25, 0.3) is 0 Å². The van der Waals surface area contributed by atoms with Crippen LogP contribution in [-0.2, 0) is 5.60 Å². The highest BCUT2D eigenvalue weighted by atomic mass is 16.3. The Morgan fingerprint density at radius 2 is 2.20 bits per heavy atom. The number of aliphatic hydroxyl groups is 1. The van der Waals surface area contributed by atoms with Crippen molar-refractivity contribution in [3.05, 3.63) is 42.2 Å². The van der Waals surface area contributed by atoms with Crippen LogP contribution in [0.2, 0.25) is 0 Å². The number of rotatable bonds is 2. The Hall–Kier alpha value is -1.45. The van der Waals surface area contributed by atoms with Gasteiger partial charge in [-0.25, -0.2) is 0 Å². The summed E-state index contributed by atoms with van der Waals surface area (Å²) in [4.78, 5) is 4.05. The highest BCUT2D eigenvalue weighted by Gasteiger charge is 2.22. The molecule has 1 atom stereocenters. The summed E-state index contributed by atoms with van der Waals surface area (Å²) in [6.07, 6.45) is 3.50. The van der Waals surface area contributed by atoms with Gasteiger partial charge in [-0.05, 0) is 23.9 Å². The summed E-state index contributed by atoms with van der Waals surface area (Å²) in [6.45, 7) is 1.93. The first-order valence-corrected chi connectivity index (χ1v) is 4.91. The van der Waals surface area contributed by atoms with Gasteiger partial charge >= 0.3 is 0 Å². The Morgan fingerprint density at radius 3 is 2.93 bits per heavy atom. The summed E-state index contributed by atoms with van der Waals surface area (Å²) in [5.41, 5.74) is 5.43. The number of benzene rings is 1. The third kappa shape index (κ3) is 1.71. The van der Waals surface area contributed by atoms with Crippen molar-refractivity contribution in [1.82, 2.24) is 4.98 Å². The van der Waals surface area contributed by atoms with Gasteiger partial charge in [0.2, 0.25) is 0 Å². The largest absolute Gasteiger partial charge is 0.384 e. The Kier molecular flexibility index (Phi) is 2.42. The summed E-state index contributed by atoms with van der Waals surface area (Å²) in [6, 6.07) is 7.67. The van der Waals surface area contributed by atoms with Crippen LogP contribution < -0.4 is 5.73 Å². The van der Waals surface area contributed by atoms with Gasteiger partial charge in [0.15, 0.2) is 0 Å². The zero-order chi connectivity index (χ0) is 10.9. The molecule has 0 aliphatic heterocycles. The summed E-state index contributed by atoms with van der Waals surface area (Å²) >= 11 is 0. The van der Waals surface area contributed by atoms with Gasteiger partial charge in [-0.15, -0.1) is 0 Å². The van der Waals surface area contributed by atoms with Crippen molar-refractivity contribution in [3.63, 3.8) is 0 Å². The van der Waals surface area contributed by atoms with E-state index < -0.39 is 5.60 Å². The monoisotopic (exact) mass is 202 g/mol. The average molecular weight is 202 g/mol. The van der Waals surface area contributed by atoms with Crippen LogP contribution in [0.25, 0.3) is 10.8 Å². The smallest absolute Gasteiger partial charge is 0.0996 e. The van der Waals surface area contributed by atoms with E-state index in [0.717, 1.165) is 16.3 Å². The molecule has 1 unspecified atom stereocenters. The van der Waals surface area contributed by atoms with E-state index >= 15 is 0 Å². The second-order valence-electron chi connectivity index (χ2n) is 3.88. The molecular weight excluding hydrogens is 188 g/mol. The van der Waals surface area contributed by atoms with E-state index in [9.17, 15) is 5.11 Å². The van der Waals surface area contributed by atoms with Crippen molar-refractivity contribution in [1.29, 1.82) is 0 Å². The number of nitrogens with zero attached hydrogens (tertiary/aromatic N) is 1. The zero-order valence-electron chi connectivity index (χ0n) is 8.64. The lowest BCUT2D eigenvalue weighted by Crippen LogP contribution is -2.31. The van der Waals surface area contributed by atoms with Gasteiger partial charge in [0.1, 0.15) is 0 Å². The molecule has 0 aliphatic rings. The van der Waals surface area contributed by atoms with E-state index in [2.05, 4.69) is 4.98 Å². The molecule has 2 aromatic rings. The molecule has 3 heteroatoms. The highest BCUT2D eigenvalue weighted by molar-refractivity contribution is 5.85. The van der Waals surface area contributed by atoms with E-state index in [1.54, 1.807) is 19.3 Å². The lowest BCUT2D eigenvalue weighted by molar-refractivity contribution is 0.0684. The van der Waals surface area contributed by atoms with Gasteiger partial charge in [-0.1, -0.05) is 18.2 Å². The molecule has 0 aliphatic carbocycles. The average Bonchev–Trinajstić information content (AvgIpc) is 2.28. The molecule has 3 nitrogen and oxygen atoms in total. The van der Waals surface area contributed by atoms with E-state index in [1.165, 1.54) is 0 Å². The lowest BCUT2D eigenvalue weighted by atomic mass is 9.92. The minimum Gasteiger partial charge on any atom is -0.384 e. The number of nitrogens with two attached hydrogens (primary N) is 1. The molecule has 1 aromatic carbocycles. The molecule has 0 spiro atoms. The summed E-state index contributed by atoms with van der Waals surface area (Å²) in [5, 5.41) is 12.2. The van der Waals surface area contributed by atoms with Gasteiger partial charge in [0, 0.05) is 24.3 Å². The lowest BCUT2D eigenvalue weighted by Gasteiger charge is -2.23. The fraction of sp³-hybridized carbons (Fsp3) is 0.250. The van der Waals surface area contributed by atoms with Crippen molar-refractivity contribution in [2.24, 2.45) is 5.73 Å². The van der Waals surface area contributed by atoms with Crippen molar-refractivity contribution in [2.75, 3.05) is 6.54 Å². The molecule has 0 saturated carbocycles. The first-order chi connectivity index (χ1) is 7.15. The van der Waals surface area contributed by atoms with Crippen LogP contribution in [0, 0.1) is 0 Å². The Labute approximate surface area is 88.6 Å². The first-order valence-electron chi connectivity index (χ1n) is 4.91. The maximum absolute atomic E-state index is 10.1. The topological polar surface area (TPSA) is 59.1 Å². The summed E-state index contributed by atoms with van der Waals surface area (Å²) in [5.74, 6) is 0. The van der Waals surface area contributed by atoms with Crippen LogP contribution in [0.4, 0.5) is 0 Å². The number of hydrogen-bond donors (Lipinski definition) is 2. The second-order valence-corrected chi connectivity index (χ2v) is 3.88. The zero-order valence-corrected chi connectivity index (χ0v) is 8.64. The minimum absolute atomic E-state index is 0.203. The molecule has 0 amide bonds. The van der Waals surface area contributed by atoms with Crippen molar-refractivity contribution < 1.29 is 5.11 Å². The predicted molar refractivity (Wildman–Crippen MR) is 60.4 cm³/mol. The first kappa shape index (κ1) is 10.1. The molecule has 0 fully saturated rings. The number of fused-ring (bicyclic) bond motifs is 1. The van der Waals surface area contributed by atoms with E-state index in [1.807, 2.05) is 24.3 Å². The van der Waals surface area contributed by atoms with Crippen molar-refractivity contribution >= 4 is 10.8 Å². The minimum atomic E-state index is -0.985. The molecule has 0 saturated heterocycles. The maximum Gasteiger partial charge on any atom is 0.0996 e. The van der Waals surface area contributed by atoms with E-state index in [-0.39, 0.29) is 6.54 Å². The van der Waals surface area contributed by atoms with E-state index in [0.29, 0.717) is 0 Å². The molecule has 1 aromatic heterocycles. The van der Waals surface area contributed by atoms with Crippen molar-refractivity contribution in [2.45, 2.75) is 12.5 Å². The number of aromatic nitrogens is 1. The highest BCUT2D eigenvalue weighted by Crippen LogP contribution is 2.27. The Morgan fingerprint density at radius 1 is 1.40 bits per heavy atom. The van der Waals surface area contributed by atoms with Gasteiger partial charge in [-0.3, -0.25) is 4.98 Å². The SMILES string of the molecule is CC(O)(CN)c1cccc2cnccc12. The molecule has 1 heterocycles. The van der Waals surface area contributed by atoms with Gasteiger partial charge < -0.3 is 10.8 Å². The maximum atomic E-state index is 10.1. The van der Waals surface area contributed by atoms with Crippen LogP contribution in [0.1, 0.15) is 12.5 Å². The Bertz CT molecular complexity index is 475. The molecular formula is C12H14N2O. The Balaban J connectivity index is 2.71. The molecule has 78 valence electrons. The van der Waals surface area contributed by atoms with Crippen LogP contribution in [0.3, 0.4) is 0 Å². The van der Waals surface area contributed by atoms with Crippen LogP contribution in [-0.4, -0.2) is 16.6 Å². The summed E-state index contributed by atoms with van der Waals surface area (Å²) < 4.78 is 0. The molecule has 15 heavy (non-hydrogen) atoms. The fourth-order valence-electron chi connectivity index (χ4n) is 1.70. The number of hydrogen-bond acceptors (Lipinski definition) is 3. The molecule has 3 N–H and O–H groups in total. The second kappa shape index (κ2) is 3.61. The predicted octanol–water partition coefficient (Wildman–Crippen LogP) is 1.40. The van der Waals surface area contributed by atoms with Gasteiger partial charge in [-0.2, -0.15) is 0 Å². The summed E-state index contributed by atoms with van der Waals surface area (Å²) in [7, 11) is 0. The molecule has 0 radical (unpaired) electrons. The van der Waals surface area contributed by atoms with E-state index in [4.69, 9.17) is 5.73 Å². The molecule has 2 rings (SSSR count). The third-order valence-electron chi connectivity index (χ3n) is 2.66.